The third kappa shape index (κ3) is 4.04. The van der Waals surface area contributed by atoms with E-state index in [-0.39, 0.29) is 5.91 Å². The predicted molar refractivity (Wildman–Crippen MR) is 115 cm³/mol. The van der Waals surface area contributed by atoms with E-state index in [1.807, 2.05) is 67.6 Å². The Morgan fingerprint density at radius 3 is 2.80 bits per heavy atom. The average Bonchev–Trinajstić information content (AvgIpc) is 3.18. The number of ether oxygens (including phenoxy) is 1. The Morgan fingerprint density at radius 1 is 1.17 bits per heavy atom. The Kier molecular flexibility index (Phi) is 5.77. The van der Waals surface area contributed by atoms with Crippen molar-refractivity contribution >= 4 is 5.91 Å². The maximum Gasteiger partial charge on any atom is 0.244 e. The monoisotopic (exact) mass is 402 g/mol. The van der Waals surface area contributed by atoms with Gasteiger partial charge in [0.25, 0.3) is 0 Å². The fraction of sp³-hybridized carbons (Fsp3) is 0.292. The number of carbonyl (C=O) groups excluding carboxylic acids is 1. The van der Waals surface area contributed by atoms with E-state index in [2.05, 4.69) is 14.9 Å². The summed E-state index contributed by atoms with van der Waals surface area (Å²) in [6, 6.07) is 19.5. The highest BCUT2D eigenvalue weighted by Crippen LogP contribution is 2.39. The molecule has 1 unspecified atom stereocenters. The maximum atomic E-state index is 12.7. The van der Waals surface area contributed by atoms with E-state index >= 15 is 0 Å². The van der Waals surface area contributed by atoms with E-state index in [1.54, 1.807) is 6.20 Å². The van der Waals surface area contributed by atoms with Gasteiger partial charge in [-0.2, -0.15) is 0 Å². The van der Waals surface area contributed by atoms with Crippen molar-refractivity contribution in [1.82, 2.24) is 14.9 Å². The van der Waals surface area contributed by atoms with Crippen molar-refractivity contribution in [2.45, 2.75) is 38.5 Å². The van der Waals surface area contributed by atoms with Crippen molar-refractivity contribution in [3.63, 3.8) is 0 Å². The van der Waals surface area contributed by atoms with Gasteiger partial charge in [0.2, 0.25) is 5.91 Å². The summed E-state index contributed by atoms with van der Waals surface area (Å²) in [6.07, 6.45) is 3.33. The van der Waals surface area contributed by atoms with Crippen LogP contribution in [0.3, 0.4) is 0 Å². The highest BCUT2D eigenvalue weighted by atomic mass is 16.5. The second-order valence-corrected chi connectivity index (χ2v) is 7.67. The second kappa shape index (κ2) is 8.63. The molecule has 1 aliphatic rings. The minimum Gasteiger partial charge on any atom is -0.487 e. The van der Waals surface area contributed by atoms with Crippen molar-refractivity contribution in [1.29, 1.82) is 0 Å². The molecule has 0 bridgehead atoms. The SMILES string of the molecule is Cc1cccc(C2(C(N)=O)CCCN2Cc2cccc(OCc3ccccn3)c2)n1. The molecule has 154 valence electrons. The normalized spacial score (nSPS) is 19.0. The maximum absolute atomic E-state index is 12.7. The molecule has 6 heteroatoms. The van der Waals surface area contributed by atoms with E-state index in [1.165, 1.54) is 0 Å². The quantitative estimate of drug-likeness (QED) is 0.655. The smallest absolute Gasteiger partial charge is 0.244 e. The molecular formula is C24H26N4O2. The summed E-state index contributed by atoms with van der Waals surface area (Å²) < 4.78 is 5.91. The number of nitrogens with zero attached hydrogens (tertiary/aromatic N) is 3. The Labute approximate surface area is 176 Å². The van der Waals surface area contributed by atoms with Gasteiger partial charge in [0.05, 0.1) is 11.4 Å². The van der Waals surface area contributed by atoms with Gasteiger partial charge in [0.1, 0.15) is 17.9 Å². The zero-order valence-electron chi connectivity index (χ0n) is 17.1. The van der Waals surface area contributed by atoms with Crippen LogP contribution in [0, 0.1) is 6.92 Å². The van der Waals surface area contributed by atoms with Crippen LogP contribution in [0.4, 0.5) is 0 Å². The summed E-state index contributed by atoms with van der Waals surface area (Å²) in [7, 11) is 0. The summed E-state index contributed by atoms with van der Waals surface area (Å²) in [4.78, 5) is 23.8. The van der Waals surface area contributed by atoms with Crippen LogP contribution in [0.15, 0.2) is 66.9 Å². The Balaban J connectivity index is 1.54. The van der Waals surface area contributed by atoms with Crippen LogP contribution < -0.4 is 10.5 Å². The Hall–Kier alpha value is -3.25. The molecule has 0 saturated carbocycles. The van der Waals surface area contributed by atoms with Gasteiger partial charge in [-0.05, 0) is 68.3 Å². The van der Waals surface area contributed by atoms with Gasteiger partial charge >= 0.3 is 0 Å². The number of nitrogens with two attached hydrogens (primary N) is 1. The molecule has 6 nitrogen and oxygen atoms in total. The number of hydrogen-bond donors (Lipinski definition) is 1. The van der Waals surface area contributed by atoms with Crippen LogP contribution in [0.25, 0.3) is 0 Å². The van der Waals surface area contributed by atoms with E-state index in [9.17, 15) is 4.79 Å². The predicted octanol–water partition coefficient (Wildman–Crippen LogP) is 3.34. The number of benzene rings is 1. The molecule has 4 rings (SSSR count). The first-order valence-electron chi connectivity index (χ1n) is 10.2. The standard InChI is InChI=1S/C24H26N4O2/c1-18-7-4-11-22(27-18)24(23(25)29)12-6-14-28(24)16-19-8-5-10-21(15-19)30-17-20-9-2-3-13-26-20/h2-5,7-11,13,15H,6,12,14,16-17H2,1H3,(H2,25,29). The number of aryl methyl sites for hydroxylation is 1. The van der Waals surface area contributed by atoms with Gasteiger partial charge < -0.3 is 10.5 Å². The molecular weight excluding hydrogens is 376 g/mol. The number of carbonyl (C=O) groups is 1. The number of hydrogen-bond acceptors (Lipinski definition) is 5. The van der Waals surface area contributed by atoms with Crippen LogP contribution >= 0.6 is 0 Å². The number of primary amides is 1. The molecule has 1 atom stereocenters. The molecule has 1 aliphatic heterocycles. The first-order valence-corrected chi connectivity index (χ1v) is 10.2. The van der Waals surface area contributed by atoms with Gasteiger partial charge in [-0.3, -0.25) is 19.7 Å². The van der Waals surface area contributed by atoms with Crippen LogP contribution in [0.5, 0.6) is 5.75 Å². The molecule has 3 aromatic rings. The zero-order chi connectivity index (χ0) is 21.0. The molecule has 0 spiro atoms. The van der Waals surface area contributed by atoms with Crippen LogP contribution in [-0.2, 0) is 23.5 Å². The average molecular weight is 402 g/mol. The topological polar surface area (TPSA) is 81.3 Å². The summed E-state index contributed by atoms with van der Waals surface area (Å²) in [5.41, 5.74) is 8.62. The lowest BCUT2D eigenvalue weighted by atomic mass is 9.89. The lowest BCUT2D eigenvalue weighted by molar-refractivity contribution is -0.129. The second-order valence-electron chi connectivity index (χ2n) is 7.67. The molecule has 1 fully saturated rings. The van der Waals surface area contributed by atoms with E-state index < -0.39 is 5.54 Å². The number of likely N-dealkylation sites (tertiary alicyclic amines) is 1. The first-order chi connectivity index (χ1) is 14.6. The molecule has 1 aromatic carbocycles. The van der Waals surface area contributed by atoms with Crippen LogP contribution in [0.1, 0.15) is 35.5 Å². The molecule has 1 saturated heterocycles. The van der Waals surface area contributed by atoms with Crippen molar-refractivity contribution in [2.75, 3.05) is 6.54 Å². The third-order valence-electron chi connectivity index (χ3n) is 5.61. The van der Waals surface area contributed by atoms with Crippen molar-refractivity contribution < 1.29 is 9.53 Å². The molecule has 1 amide bonds. The number of pyridine rings is 2. The molecule has 2 aromatic heterocycles. The van der Waals surface area contributed by atoms with Crippen molar-refractivity contribution in [2.24, 2.45) is 5.73 Å². The number of rotatable bonds is 7. The zero-order valence-corrected chi connectivity index (χ0v) is 17.1. The number of aromatic nitrogens is 2. The van der Waals surface area contributed by atoms with Crippen LogP contribution in [0.2, 0.25) is 0 Å². The summed E-state index contributed by atoms with van der Waals surface area (Å²) in [5, 5.41) is 0. The summed E-state index contributed by atoms with van der Waals surface area (Å²) in [6.45, 7) is 3.73. The first kappa shape index (κ1) is 20.0. The lowest BCUT2D eigenvalue weighted by Crippen LogP contribution is -2.51. The fourth-order valence-corrected chi connectivity index (χ4v) is 4.15. The minimum absolute atomic E-state index is 0.347. The third-order valence-corrected chi connectivity index (χ3v) is 5.61. The van der Waals surface area contributed by atoms with Gasteiger partial charge in [-0.1, -0.05) is 24.3 Å². The van der Waals surface area contributed by atoms with Gasteiger partial charge in [-0.25, -0.2) is 0 Å². The van der Waals surface area contributed by atoms with E-state index in [0.717, 1.165) is 41.4 Å². The van der Waals surface area contributed by atoms with Crippen LogP contribution in [-0.4, -0.2) is 27.3 Å². The molecule has 30 heavy (non-hydrogen) atoms. The highest BCUT2D eigenvalue weighted by Gasteiger charge is 2.48. The largest absolute Gasteiger partial charge is 0.487 e. The van der Waals surface area contributed by atoms with Gasteiger partial charge in [-0.15, -0.1) is 0 Å². The Morgan fingerprint density at radius 2 is 2.03 bits per heavy atom. The lowest BCUT2D eigenvalue weighted by Gasteiger charge is -2.35. The summed E-state index contributed by atoms with van der Waals surface area (Å²) in [5.74, 6) is 0.427. The van der Waals surface area contributed by atoms with Crippen molar-refractivity contribution in [3.8, 4) is 5.75 Å². The fourth-order valence-electron chi connectivity index (χ4n) is 4.15. The highest BCUT2D eigenvalue weighted by molar-refractivity contribution is 5.86. The Bertz CT molecular complexity index is 1020. The van der Waals surface area contributed by atoms with Gasteiger partial charge in [0.15, 0.2) is 0 Å². The molecule has 0 radical (unpaired) electrons. The van der Waals surface area contributed by atoms with E-state index in [0.29, 0.717) is 19.6 Å². The molecule has 0 aliphatic carbocycles. The van der Waals surface area contributed by atoms with E-state index in [4.69, 9.17) is 10.5 Å². The molecule has 3 heterocycles. The number of amides is 1. The minimum atomic E-state index is -0.878. The van der Waals surface area contributed by atoms with Crippen molar-refractivity contribution in [3.05, 3.63) is 89.5 Å². The summed E-state index contributed by atoms with van der Waals surface area (Å²) >= 11 is 0. The molecule has 2 N–H and O–H groups in total. The van der Waals surface area contributed by atoms with Gasteiger partial charge in [0, 0.05) is 18.4 Å².